The molecule has 2 atom stereocenters. The van der Waals surface area contributed by atoms with Crippen molar-refractivity contribution < 1.29 is 8.98 Å². The zero-order valence-corrected chi connectivity index (χ0v) is 24.5. The largest absolute Gasteiger partial charge is 0.456 e. The average Bonchev–Trinajstić information content (AvgIpc) is 3.55. The molecule has 0 radical (unpaired) electrons. The van der Waals surface area contributed by atoms with Crippen molar-refractivity contribution in [3.63, 3.8) is 0 Å². The molecule has 1 aliphatic heterocycles. The summed E-state index contributed by atoms with van der Waals surface area (Å²) in [5.74, 6) is 1.89. The van der Waals surface area contributed by atoms with Crippen LogP contribution in [0.1, 0.15) is 89.8 Å². The lowest BCUT2D eigenvalue weighted by atomic mass is 9.60. The zero-order valence-electron chi connectivity index (χ0n) is 24.5. The minimum atomic E-state index is -0.158. The SMILES string of the molecule is C=CC1(CC)c2ccccc2-c2n(-c3c(C(C)C)cc4oc5ccccc5c4c3C(C)C)cc[n+]2C1(C)CC. The summed E-state index contributed by atoms with van der Waals surface area (Å²) < 4.78 is 11.5. The van der Waals surface area contributed by atoms with Gasteiger partial charge in [0.25, 0.3) is 5.82 Å². The molecular formula is C36H41N2O+. The van der Waals surface area contributed by atoms with Crippen molar-refractivity contribution in [2.45, 2.75) is 84.1 Å². The van der Waals surface area contributed by atoms with Crippen molar-refractivity contribution in [3.8, 4) is 17.1 Å². The van der Waals surface area contributed by atoms with Gasteiger partial charge >= 0.3 is 0 Å². The first-order valence-electron chi connectivity index (χ1n) is 14.6. The van der Waals surface area contributed by atoms with Gasteiger partial charge in [-0.1, -0.05) is 84.0 Å². The van der Waals surface area contributed by atoms with E-state index in [1.165, 1.54) is 44.5 Å². The minimum absolute atomic E-state index is 0.152. The van der Waals surface area contributed by atoms with Gasteiger partial charge in [0.05, 0.1) is 11.0 Å². The smallest absolute Gasteiger partial charge is 0.294 e. The van der Waals surface area contributed by atoms with E-state index in [1.54, 1.807) is 0 Å². The third-order valence-corrected chi connectivity index (χ3v) is 9.70. The molecular weight excluding hydrogens is 476 g/mol. The highest BCUT2D eigenvalue weighted by Gasteiger charge is 2.56. The van der Waals surface area contributed by atoms with E-state index in [4.69, 9.17) is 4.42 Å². The Morgan fingerprint density at radius 3 is 2.33 bits per heavy atom. The molecule has 2 aromatic heterocycles. The summed E-state index contributed by atoms with van der Waals surface area (Å²) >= 11 is 0. The first kappa shape index (κ1) is 25.7. The maximum absolute atomic E-state index is 6.46. The second kappa shape index (κ2) is 8.98. The van der Waals surface area contributed by atoms with Crippen molar-refractivity contribution in [3.05, 3.63) is 96.3 Å². The number of hydrogen-bond donors (Lipinski definition) is 0. The maximum atomic E-state index is 6.46. The number of imidazole rings is 1. The summed E-state index contributed by atoms with van der Waals surface area (Å²) in [6.45, 7) is 20.7. The normalized spacial score (nSPS) is 20.6. The third-order valence-electron chi connectivity index (χ3n) is 9.70. The second-order valence-electron chi connectivity index (χ2n) is 12.1. The Hall–Kier alpha value is -3.59. The summed E-state index contributed by atoms with van der Waals surface area (Å²) in [4.78, 5) is 0. The lowest BCUT2D eigenvalue weighted by Crippen LogP contribution is -2.67. The standard InChI is InChI=1S/C36H41N2O/c1-9-35(8)36(10-2,11-3)28-18-14-12-16-25(28)34-37(20-21-38(34)35)33-27(23(4)5)22-30-32(31(33)24(6)7)26-17-13-15-19-29(26)39-30/h10,12-24H,2,9,11H2,1,3-8H3/q+1. The number of nitrogens with zero attached hydrogens (tertiary/aromatic N) is 2. The molecule has 39 heavy (non-hydrogen) atoms. The molecule has 0 saturated carbocycles. The van der Waals surface area contributed by atoms with Crippen LogP contribution in [0.5, 0.6) is 0 Å². The maximum Gasteiger partial charge on any atom is 0.294 e. The third kappa shape index (κ3) is 3.25. The summed E-state index contributed by atoms with van der Waals surface area (Å²) in [7, 11) is 0. The van der Waals surface area contributed by atoms with Crippen molar-refractivity contribution in [2.24, 2.45) is 0 Å². The number of aromatic nitrogens is 2. The van der Waals surface area contributed by atoms with Crippen LogP contribution < -0.4 is 4.57 Å². The fraction of sp³-hybridized carbons (Fsp3) is 0.361. The average molecular weight is 518 g/mol. The van der Waals surface area contributed by atoms with Crippen molar-refractivity contribution in [1.29, 1.82) is 0 Å². The molecule has 6 rings (SSSR count). The van der Waals surface area contributed by atoms with Gasteiger partial charge in [-0.15, -0.1) is 6.58 Å². The molecule has 3 aromatic carbocycles. The summed E-state index contributed by atoms with van der Waals surface area (Å²) in [6.07, 6.45) is 8.83. The van der Waals surface area contributed by atoms with Gasteiger partial charge in [-0.3, -0.25) is 0 Å². The van der Waals surface area contributed by atoms with E-state index in [0.29, 0.717) is 11.8 Å². The zero-order chi connectivity index (χ0) is 27.7. The molecule has 0 N–H and O–H groups in total. The highest BCUT2D eigenvalue weighted by Crippen LogP contribution is 2.52. The van der Waals surface area contributed by atoms with Crippen LogP contribution in [0, 0.1) is 0 Å². The number of benzene rings is 3. The van der Waals surface area contributed by atoms with Gasteiger partial charge in [-0.25, -0.2) is 4.57 Å². The van der Waals surface area contributed by atoms with Crippen LogP contribution in [0.2, 0.25) is 0 Å². The molecule has 5 aromatic rings. The molecule has 0 bridgehead atoms. The highest BCUT2D eigenvalue weighted by molar-refractivity contribution is 6.08. The number of allylic oxidation sites excluding steroid dienone is 1. The van der Waals surface area contributed by atoms with Crippen LogP contribution in [0.25, 0.3) is 39.0 Å². The first-order chi connectivity index (χ1) is 18.7. The monoisotopic (exact) mass is 517 g/mol. The lowest BCUT2D eigenvalue weighted by Gasteiger charge is -2.48. The van der Waals surface area contributed by atoms with E-state index in [9.17, 15) is 0 Å². The van der Waals surface area contributed by atoms with Crippen LogP contribution in [0.4, 0.5) is 0 Å². The summed E-state index contributed by atoms with van der Waals surface area (Å²) in [6, 6.07) is 19.8. The van der Waals surface area contributed by atoms with Crippen LogP contribution in [0.3, 0.4) is 0 Å². The van der Waals surface area contributed by atoms with Crippen LogP contribution in [-0.2, 0) is 11.0 Å². The quantitative estimate of drug-likeness (QED) is 0.162. The van der Waals surface area contributed by atoms with Gasteiger partial charge in [-0.05, 0) is 55.4 Å². The van der Waals surface area contributed by atoms with E-state index >= 15 is 0 Å². The second-order valence-corrected chi connectivity index (χ2v) is 12.1. The summed E-state index contributed by atoms with van der Waals surface area (Å²) in [5.41, 5.74) is 8.25. The molecule has 3 heteroatoms. The Morgan fingerprint density at radius 2 is 1.67 bits per heavy atom. The molecule has 200 valence electrons. The van der Waals surface area contributed by atoms with Crippen molar-refractivity contribution in [1.82, 2.24) is 4.57 Å². The van der Waals surface area contributed by atoms with Gasteiger partial charge in [0.15, 0.2) is 0 Å². The van der Waals surface area contributed by atoms with Crippen molar-refractivity contribution >= 4 is 21.9 Å². The van der Waals surface area contributed by atoms with E-state index in [0.717, 1.165) is 24.0 Å². The van der Waals surface area contributed by atoms with E-state index in [-0.39, 0.29) is 11.0 Å². The van der Waals surface area contributed by atoms with E-state index < -0.39 is 0 Å². The Kier molecular flexibility index (Phi) is 5.91. The number of para-hydroxylation sites is 1. The molecule has 0 amide bonds. The number of hydrogen-bond acceptors (Lipinski definition) is 1. The first-order valence-corrected chi connectivity index (χ1v) is 14.6. The molecule has 0 saturated heterocycles. The predicted molar refractivity (Wildman–Crippen MR) is 163 cm³/mol. The molecule has 1 aliphatic rings. The van der Waals surface area contributed by atoms with Crippen LogP contribution >= 0.6 is 0 Å². The topological polar surface area (TPSA) is 21.9 Å². The van der Waals surface area contributed by atoms with Gasteiger partial charge in [0.2, 0.25) is 0 Å². The Labute approximate surface area is 232 Å². The number of fused-ring (bicyclic) bond motifs is 6. The predicted octanol–water partition coefficient (Wildman–Crippen LogP) is 9.55. The van der Waals surface area contributed by atoms with Gasteiger partial charge < -0.3 is 4.42 Å². The van der Waals surface area contributed by atoms with E-state index in [1.807, 2.05) is 0 Å². The van der Waals surface area contributed by atoms with Gasteiger partial charge in [-0.2, -0.15) is 4.57 Å². The lowest BCUT2D eigenvalue weighted by molar-refractivity contribution is -0.762. The minimum Gasteiger partial charge on any atom is -0.456 e. The molecule has 3 heterocycles. The van der Waals surface area contributed by atoms with Gasteiger partial charge in [0.1, 0.15) is 34.8 Å². The number of rotatable bonds is 6. The fourth-order valence-corrected chi connectivity index (χ4v) is 7.53. The molecule has 0 aliphatic carbocycles. The molecule has 2 unspecified atom stereocenters. The highest BCUT2D eigenvalue weighted by atomic mass is 16.3. The summed E-state index contributed by atoms with van der Waals surface area (Å²) in [5, 5.41) is 2.43. The molecule has 3 nitrogen and oxygen atoms in total. The van der Waals surface area contributed by atoms with Crippen LogP contribution in [0.15, 0.2) is 84.1 Å². The van der Waals surface area contributed by atoms with Crippen LogP contribution in [-0.4, -0.2) is 4.57 Å². The van der Waals surface area contributed by atoms with Crippen molar-refractivity contribution in [2.75, 3.05) is 0 Å². The van der Waals surface area contributed by atoms with Gasteiger partial charge in [0, 0.05) is 21.9 Å². The number of furan rings is 1. The van der Waals surface area contributed by atoms with E-state index in [2.05, 4.69) is 137 Å². The Balaban J connectivity index is 1.79. The fourth-order valence-electron chi connectivity index (χ4n) is 7.53. The Morgan fingerprint density at radius 1 is 0.949 bits per heavy atom. The Bertz CT molecular complexity index is 1730. The molecule has 0 spiro atoms. The molecule has 0 fully saturated rings.